The zero-order valence-corrected chi connectivity index (χ0v) is 18.5. The van der Waals surface area contributed by atoms with E-state index in [9.17, 15) is 4.79 Å². The molecule has 4 aromatic rings. The van der Waals surface area contributed by atoms with Crippen molar-refractivity contribution in [3.63, 3.8) is 0 Å². The molecule has 0 saturated heterocycles. The van der Waals surface area contributed by atoms with Gasteiger partial charge in [0.15, 0.2) is 4.34 Å². The van der Waals surface area contributed by atoms with Crippen LogP contribution in [0.3, 0.4) is 0 Å². The van der Waals surface area contributed by atoms with Crippen LogP contribution >= 0.6 is 23.1 Å². The van der Waals surface area contributed by atoms with Crippen molar-refractivity contribution in [3.05, 3.63) is 82.7 Å². The lowest BCUT2D eigenvalue weighted by Crippen LogP contribution is -2.12. The van der Waals surface area contributed by atoms with Crippen LogP contribution < -0.4 is 5.32 Å². The number of thioether (sulfide) groups is 1. The summed E-state index contributed by atoms with van der Waals surface area (Å²) in [5.41, 5.74) is 5.96. The topological polar surface area (TPSA) is 72.7 Å². The van der Waals surface area contributed by atoms with Gasteiger partial charge in [-0.1, -0.05) is 52.9 Å². The monoisotopic (exact) mass is 435 g/mol. The Hall–Kier alpha value is -2.97. The third-order valence-corrected chi connectivity index (χ3v) is 6.54. The van der Waals surface area contributed by atoms with E-state index in [2.05, 4.69) is 51.8 Å². The van der Waals surface area contributed by atoms with E-state index >= 15 is 0 Å². The summed E-state index contributed by atoms with van der Waals surface area (Å²) in [6, 6.07) is 17.8. The third kappa shape index (κ3) is 4.77. The van der Waals surface area contributed by atoms with Gasteiger partial charge in [0.2, 0.25) is 5.13 Å². The summed E-state index contributed by atoms with van der Waals surface area (Å²) in [6.07, 6.45) is 0. The molecule has 152 valence electrons. The van der Waals surface area contributed by atoms with Crippen LogP contribution in [0, 0.1) is 20.8 Å². The first-order valence-corrected chi connectivity index (χ1v) is 11.2. The molecular weight excluding hydrogens is 414 g/mol. The Bertz CT molecular complexity index is 1160. The number of nitrogens with one attached hydrogen (secondary N) is 1. The van der Waals surface area contributed by atoms with Crippen LogP contribution in [0.2, 0.25) is 0 Å². The molecule has 1 N–H and O–H groups in total. The second-order valence-corrected chi connectivity index (χ2v) is 9.19. The molecular formula is C22H21N5OS2. The SMILES string of the molecule is Cc1ccc(CSc2nnc(NC(=O)c3ccc(-n4nc(C)cc4C)cc3)s2)cc1. The fraction of sp³-hybridized carbons (Fsp3) is 0.182. The number of aryl methyl sites for hydroxylation is 3. The van der Waals surface area contributed by atoms with Crippen LogP contribution in [0.25, 0.3) is 5.69 Å². The Labute approximate surface area is 183 Å². The molecule has 0 bridgehead atoms. The Morgan fingerprint density at radius 3 is 2.43 bits per heavy atom. The molecule has 2 heterocycles. The van der Waals surface area contributed by atoms with Gasteiger partial charge in [-0.3, -0.25) is 10.1 Å². The molecule has 0 aliphatic rings. The number of carbonyl (C=O) groups excluding carboxylic acids is 1. The smallest absolute Gasteiger partial charge is 0.257 e. The minimum absolute atomic E-state index is 0.207. The van der Waals surface area contributed by atoms with E-state index in [4.69, 9.17) is 0 Å². The Morgan fingerprint density at radius 2 is 1.77 bits per heavy atom. The molecule has 30 heavy (non-hydrogen) atoms. The van der Waals surface area contributed by atoms with Gasteiger partial charge in [0.05, 0.1) is 11.4 Å². The van der Waals surface area contributed by atoms with Gasteiger partial charge in [-0.25, -0.2) is 4.68 Å². The Balaban J connectivity index is 1.37. The van der Waals surface area contributed by atoms with E-state index in [1.807, 2.05) is 36.7 Å². The van der Waals surface area contributed by atoms with Crippen LogP contribution in [-0.4, -0.2) is 25.9 Å². The number of nitrogens with zero attached hydrogens (tertiary/aromatic N) is 4. The lowest BCUT2D eigenvalue weighted by Gasteiger charge is -2.06. The van der Waals surface area contributed by atoms with Crippen LogP contribution in [0.1, 0.15) is 32.9 Å². The number of amides is 1. The Kier molecular flexibility index (Phi) is 5.96. The number of anilines is 1. The van der Waals surface area contributed by atoms with Crippen molar-refractivity contribution in [1.82, 2.24) is 20.0 Å². The van der Waals surface area contributed by atoms with Crippen molar-refractivity contribution in [2.75, 3.05) is 5.32 Å². The lowest BCUT2D eigenvalue weighted by atomic mass is 10.2. The second kappa shape index (κ2) is 8.81. The molecule has 0 saturated carbocycles. The summed E-state index contributed by atoms with van der Waals surface area (Å²) in [5.74, 6) is 0.609. The van der Waals surface area contributed by atoms with Gasteiger partial charge < -0.3 is 0 Å². The highest BCUT2D eigenvalue weighted by Crippen LogP contribution is 2.28. The number of benzene rings is 2. The maximum atomic E-state index is 12.6. The molecule has 0 fully saturated rings. The fourth-order valence-electron chi connectivity index (χ4n) is 2.96. The number of hydrogen-bond donors (Lipinski definition) is 1. The van der Waals surface area contributed by atoms with Crippen LogP contribution in [-0.2, 0) is 5.75 Å². The van der Waals surface area contributed by atoms with Crippen molar-refractivity contribution in [1.29, 1.82) is 0 Å². The van der Waals surface area contributed by atoms with Crippen molar-refractivity contribution < 1.29 is 4.79 Å². The third-order valence-electron chi connectivity index (χ3n) is 4.49. The summed E-state index contributed by atoms with van der Waals surface area (Å²) in [6.45, 7) is 6.04. The number of hydrogen-bond acceptors (Lipinski definition) is 6. The van der Waals surface area contributed by atoms with E-state index in [1.165, 1.54) is 22.5 Å². The summed E-state index contributed by atoms with van der Waals surface area (Å²) < 4.78 is 2.69. The highest BCUT2D eigenvalue weighted by molar-refractivity contribution is 8.00. The molecule has 6 nitrogen and oxygen atoms in total. The largest absolute Gasteiger partial charge is 0.296 e. The van der Waals surface area contributed by atoms with Crippen molar-refractivity contribution >= 4 is 34.1 Å². The number of carbonyl (C=O) groups is 1. The quantitative estimate of drug-likeness (QED) is 0.333. The molecule has 0 aliphatic carbocycles. The summed E-state index contributed by atoms with van der Waals surface area (Å²) in [4.78, 5) is 12.6. The van der Waals surface area contributed by atoms with Gasteiger partial charge in [-0.2, -0.15) is 5.10 Å². The Morgan fingerprint density at radius 1 is 1.03 bits per heavy atom. The van der Waals surface area contributed by atoms with Crippen LogP contribution in [0.15, 0.2) is 58.9 Å². The summed E-state index contributed by atoms with van der Waals surface area (Å²) >= 11 is 2.99. The first kappa shape index (κ1) is 20.3. The van der Waals surface area contributed by atoms with E-state index in [0.717, 1.165) is 27.2 Å². The normalized spacial score (nSPS) is 10.9. The average Bonchev–Trinajstić information content (AvgIpc) is 3.33. The predicted octanol–water partition coefficient (Wildman–Crippen LogP) is 5.19. The molecule has 1 amide bonds. The first-order chi connectivity index (χ1) is 14.5. The highest BCUT2D eigenvalue weighted by atomic mass is 32.2. The van der Waals surface area contributed by atoms with Crippen LogP contribution in [0.5, 0.6) is 0 Å². The highest BCUT2D eigenvalue weighted by Gasteiger charge is 2.12. The van der Waals surface area contributed by atoms with E-state index < -0.39 is 0 Å². The molecule has 2 aromatic carbocycles. The lowest BCUT2D eigenvalue weighted by molar-refractivity contribution is 0.102. The van der Waals surface area contributed by atoms with Gasteiger partial charge in [-0.15, -0.1) is 10.2 Å². The number of aromatic nitrogens is 4. The molecule has 0 radical (unpaired) electrons. The van der Waals surface area contributed by atoms with E-state index in [0.29, 0.717) is 10.7 Å². The fourth-order valence-corrected chi connectivity index (χ4v) is 4.66. The predicted molar refractivity (Wildman–Crippen MR) is 122 cm³/mol. The zero-order chi connectivity index (χ0) is 21.1. The van der Waals surface area contributed by atoms with E-state index in [1.54, 1.807) is 23.9 Å². The molecule has 0 spiro atoms. The second-order valence-electron chi connectivity index (χ2n) is 6.99. The molecule has 2 aromatic heterocycles. The van der Waals surface area contributed by atoms with E-state index in [-0.39, 0.29) is 5.91 Å². The zero-order valence-electron chi connectivity index (χ0n) is 16.9. The average molecular weight is 436 g/mol. The van der Waals surface area contributed by atoms with Gasteiger partial charge in [0, 0.05) is 17.0 Å². The summed E-state index contributed by atoms with van der Waals surface area (Å²) in [7, 11) is 0. The first-order valence-electron chi connectivity index (χ1n) is 9.45. The van der Waals surface area contributed by atoms with Crippen LogP contribution in [0.4, 0.5) is 5.13 Å². The maximum absolute atomic E-state index is 12.6. The van der Waals surface area contributed by atoms with Gasteiger partial charge in [0.25, 0.3) is 5.91 Å². The number of rotatable bonds is 6. The maximum Gasteiger partial charge on any atom is 0.257 e. The van der Waals surface area contributed by atoms with Gasteiger partial charge >= 0.3 is 0 Å². The minimum Gasteiger partial charge on any atom is -0.296 e. The molecule has 8 heteroatoms. The van der Waals surface area contributed by atoms with Gasteiger partial charge in [0.1, 0.15) is 0 Å². The van der Waals surface area contributed by atoms with Crippen molar-refractivity contribution in [2.24, 2.45) is 0 Å². The molecule has 0 aliphatic heterocycles. The molecule has 0 atom stereocenters. The molecule has 0 unspecified atom stereocenters. The summed E-state index contributed by atoms with van der Waals surface area (Å²) in [5, 5.41) is 16.0. The minimum atomic E-state index is -0.207. The van der Waals surface area contributed by atoms with Gasteiger partial charge in [-0.05, 0) is 56.7 Å². The van der Waals surface area contributed by atoms with Crippen molar-refractivity contribution in [3.8, 4) is 5.69 Å². The van der Waals surface area contributed by atoms with Crippen molar-refractivity contribution in [2.45, 2.75) is 30.9 Å². The standard InChI is InChI=1S/C22H21N5OS2/c1-14-4-6-17(7-5-14)13-29-22-25-24-21(30-22)23-20(28)18-8-10-19(11-9-18)27-16(3)12-15(2)26-27/h4-12H,13H2,1-3H3,(H,23,24,28). The molecule has 4 rings (SSSR count).